The fraction of sp³-hybridized carbons (Fsp3) is 0.174. The van der Waals surface area contributed by atoms with E-state index in [0.29, 0.717) is 26.6 Å². The summed E-state index contributed by atoms with van der Waals surface area (Å²) in [5.41, 5.74) is 1.89. The van der Waals surface area contributed by atoms with E-state index in [1.165, 1.54) is 29.2 Å². The third-order valence-corrected chi connectivity index (χ3v) is 6.14. The molecule has 4 rings (SSSR count). The maximum absolute atomic E-state index is 12.9. The fourth-order valence-corrected chi connectivity index (χ4v) is 4.30. The van der Waals surface area contributed by atoms with E-state index in [1.807, 2.05) is 18.2 Å². The summed E-state index contributed by atoms with van der Waals surface area (Å²) in [7, 11) is 0. The van der Waals surface area contributed by atoms with Gasteiger partial charge in [-0.2, -0.15) is 0 Å². The van der Waals surface area contributed by atoms with Crippen molar-refractivity contribution in [3.63, 3.8) is 0 Å². The van der Waals surface area contributed by atoms with Crippen molar-refractivity contribution < 1.29 is 14.6 Å². The van der Waals surface area contributed by atoms with E-state index in [4.69, 9.17) is 16.3 Å². The van der Waals surface area contributed by atoms with Gasteiger partial charge in [-0.1, -0.05) is 35.9 Å². The van der Waals surface area contributed by atoms with Crippen LogP contribution in [0.3, 0.4) is 0 Å². The van der Waals surface area contributed by atoms with Gasteiger partial charge in [-0.15, -0.1) is 11.3 Å². The van der Waals surface area contributed by atoms with Crippen LogP contribution in [0.2, 0.25) is 5.02 Å². The van der Waals surface area contributed by atoms with Gasteiger partial charge in [0.2, 0.25) is 0 Å². The molecule has 0 aliphatic rings. The van der Waals surface area contributed by atoms with Crippen LogP contribution in [0.4, 0.5) is 0 Å². The Balaban J connectivity index is 1.48. The SMILES string of the molecule is CC(=O)c1cccc(OCC(O)Cn2cnc3cc(-c4ccc(Cl)cc4)sc3c2=O)c1. The quantitative estimate of drug-likeness (QED) is 0.418. The van der Waals surface area contributed by atoms with Gasteiger partial charge in [0.25, 0.3) is 5.56 Å². The maximum Gasteiger partial charge on any atom is 0.271 e. The summed E-state index contributed by atoms with van der Waals surface area (Å²) in [6.45, 7) is 1.50. The molecule has 4 aromatic rings. The molecular weight excluding hydrogens is 436 g/mol. The normalized spacial score (nSPS) is 12.1. The maximum atomic E-state index is 12.9. The summed E-state index contributed by atoms with van der Waals surface area (Å²) in [5.74, 6) is 0.421. The highest BCUT2D eigenvalue weighted by Crippen LogP contribution is 2.31. The predicted molar refractivity (Wildman–Crippen MR) is 122 cm³/mol. The van der Waals surface area contributed by atoms with E-state index in [9.17, 15) is 14.7 Å². The van der Waals surface area contributed by atoms with Gasteiger partial charge < -0.3 is 9.84 Å². The zero-order chi connectivity index (χ0) is 22.0. The number of ketones is 1. The summed E-state index contributed by atoms with van der Waals surface area (Å²) in [6.07, 6.45) is 0.511. The van der Waals surface area contributed by atoms with Gasteiger partial charge in [0.05, 0.1) is 18.4 Å². The molecule has 0 spiro atoms. The lowest BCUT2D eigenvalue weighted by atomic mass is 10.1. The Bertz CT molecular complexity index is 1300. The molecule has 6 nitrogen and oxygen atoms in total. The van der Waals surface area contributed by atoms with Crippen LogP contribution in [0.15, 0.2) is 65.7 Å². The van der Waals surface area contributed by atoms with Crippen molar-refractivity contribution in [1.82, 2.24) is 9.55 Å². The van der Waals surface area contributed by atoms with E-state index in [1.54, 1.807) is 36.4 Å². The predicted octanol–water partition coefficient (Wildman–Crippen LogP) is 4.42. The van der Waals surface area contributed by atoms with Crippen molar-refractivity contribution in [2.45, 2.75) is 19.6 Å². The molecule has 0 aliphatic heterocycles. The molecule has 0 amide bonds. The van der Waals surface area contributed by atoms with E-state index in [2.05, 4.69) is 4.98 Å². The monoisotopic (exact) mass is 454 g/mol. The molecule has 1 N–H and O–H groups in total. The van der Waals surface area contributed by atoms with E-state index in [0.717, 1.165) is 10.4 Å². The lowest BCUT2D eigenvalue weighted by Crippen LogP contribution is -2.30. The number of hydrogen-bond donors (Lipinski definition) is 1. The average Bonchev–Trinajstić information content (AvgIpc) is 3.20. The molecule has 0 aliphatic carbocycles. The molecule has 2 aromatic carbocycles. The molecule has 1 atom stereocenters. The molecular formula is C23H19ClN2O4S. The number of rotatable bonds is 7. The van der Waals surface area contributed by atoms with Crippen LogP contribution in [-0.2, 0) is 6.54 Å². The highest BCUT2D eigenvalue weighted by molar-refractivity contribution is 7.22. The number of ether oxygens (including phenoxy) is 1. The van der Waals surface area contributed by atoms with Crippen LogP contribution in [-0.4, -0.2) is 33.2 Å². The molecule has 31 heavy (non-hydrogen) atoms. The number of hydrogen-bond acceptors (Lipinski definition) is 6. The Morgan fingerprint density at radius 2 is 2.00 bits per heavy atom. The van der Waals surface area contributed by atoms with Crippen molar-refractivity contribution in [2.75, 3.05) is 6.61 Å². The van der Waals surface area contributed by atoms with Crippen LogP contribution in [0, 0.1) is 0 Å². The summed E-state index contributed by atoms with van der Waals surface area (Å²) < 4.78 is 7.49. The van der Waals surface area contributed by atoms with Crippen molar-refractivity contribution >= 4 is 38.9 Å². The van der Waals surface area contributed by atoms with Gasteiger partial charge in [0.1, 0.15) is 23.2 Å². The second kappa shape index (κ2) is 9.01. The summed E-state index contributed by atoms with van der Waals surface area (Å²) in [4.78, 5) is 29.6. The average molecular weight is 455 g/mol. The molecule has 0 radical (unpaired) electrons. The first-order valence-electron chi connectivity index (χ1n) is 9.57. The number of carbonyl (C=O) groups excluding carboxylic acids is 1. The van der Waals surface area contributed by atoms with E-state index in [-0.39, 0.29) is 24.5 Å². The van der Waals surface area contributed by atoms with Crippen molar-refractivity contribution in [2.24, 2.45) is 0 Å². The summed E-state index contributed by atoms with van der Waals surface area (Å²) in [6, 6.07) is 16.0. The number of carbonyl (C=O) groups is 1. The van der Waals surface area contributed by atoms with Crippen LogP contribution in [0.5, 0.6) is 5.75 Å². The third-order valence-electron chi connectivity index (χ3n) is 4.72. The molecule has 0 fully saturated rings. The number of fused-ring (bicyclic) bond motifs is 1. The second-order valence-electron chi connectivity index (χ2n) is 7.08. The number of aliphatic hydroxyl groups excluding tert-OH is 1. The molecule has 2 heterocycles. The largest absolute Gasteiger partial charge is 0.491 e. The molecule has 0 saturated carbocycles. The van der Waals surface area contributed by atoms with Crippen LogP contribution < -0.4 is 10.3 Å². The lowest BCUT2D eigenvalue weighted by Gasteiger charge is -2.14. The minimum Gasteiger partial charge on any atom is -0.491 e. The fourth-order valence-electron chi connectivity index (χ4n) is 3.11. The van der Waals surface area contributed by atoms with E-state index < -0.39 is 6.10 Å². The summed E-state index contributed by atoms with van der Waals surface area (Å²) >= 11 is 7.30. The van der Waals surface area contributed by atoms with Gasteiger partial charge in [-0.25, -0.2) is 4.98 Å². The van der Waals surface area contributed by atoms with Crippen molar-refractivity contribution in [3.8, 4) is 16.2 Å². The van der Waals surface area contributed by atoms with Crippen molar-refractivity contribution in [1.29, 1.82) is 0 Å². The standard InChI is InChI=1S/C23H19ClN2O4S/c1-14(27)16-3-2-4-19(9-16)30-12-18(28)11-26-13-25-20-10-21(31-22(20)23(26)29)15-5-7-17(24)8-6-15/h2-10,13,18,28H,11-12H2,1H3. The van der Waals surface area contributed by atoms with Gasteiger partial charge >= 0.3 is 0 Å². The minimum atomic E-state index is -0.923. The summed E-state index contributed by atoms with van der Waals surface area (Å²) in [5, 5.41) is 11.0. The lowest BCUT2D eigenvalue weighted by molar-refractivity contribution is 0.0913. The van der Waals surface area contributed by atoms with Crippen molar-refractivity contribution in [3.05, 3.63) is 81.9 Å². The molecule has 0 bridgehead atoms. The molecule has 8 heteroatoms. The molecule has 158 valence electrons. The minimum absolute atomic E-state index is 0.0215. The van der Waals surface area contributed by atoms with Crippen LogP contribution >= 0.6 is 22.9 Å². The Hall–Kier alpha value is -3.00. The second-order valence-corrected chi connectivity index (χ2v) is 8.57. The van der Waals surface area contributed by atoms with Gasteiger partial charge in [0.15, 0.2) is 5.78 Å². The first-order valence-corrected chi connectivity index (χ1v) is 10.8. The number of Topliss-reactive ketones (excluding diaryl/α,β-unsaturated/α-hetero) is 1. The zero-order valence-corrected chi connectivity index (χ0v) is 18.2. The Labute approximate surface area is 187 Å². The number of halogens is 1. The van der Waals surface area contributed by atoms with Crippen LogP contribution in [0.25, 0.3) is 20.7 Å². The third kappa shape index (κ3) is 4.85. The molecule has 2 aromatic heterocycles. The van der Waals surface area contributed by atoms with Crippen LogP contribution in [0.1, 0.15) is 17.3 Å². The van der Waals surface area contributed by atoms with E-state index >= 15 is 0 Å². The Morgan fingerprint density at radius 3 is 2.74 bits per heavy atom. The highest BCUT2D eigenvalue weighted by Gasteiger charge is 2.14. The Kier molecular flexibility index (Phi) is 6.18. The number of nitrogens with zero attached hydrogens (tertiary/aromatic N) is 2. The number of aromatic nitrogens is 2. The smallest absolute Gasteiger partial charge is 0.271 e. The molecule has 0 saturated heterocycles. The highest BCUT2D eigenvalue weighted by atomic mass is 35.5. The number of benzene rings is 2. The first kappa shape index (κ1) is 21.2. The first-order chi connectivity index (χ1) is 14.9. The number of aliphatic hydroxyl groups is 1. The van der Waals surface area contributed by atoms with Gasteiger partial charge in [-0.05, 0) is 42.8 Å². The Morgan fingerprint density at radius 1 is 1.23 bits per heavy atom. The topological polar surface area (TPSA) is 81.4 Å². The number of thiophene rings is 1. The van der Waals surface area contributed by atoms with Gasteiger partial charge in [0, 0.05) is 15.5 Å². The zero-order valence-electron chi connectivity index (χ0n) is 16.6. The van der Waals surface area contributed by atoms with Gasteiger partial charge in [-0.3, -0.25) is 14.2 Å². The molecule has 1 unspecified atom stereocenters.